The predicted molar refractivity (Wildman–Crippen MR) is 45.9 cm³/mol. The second-order valence-electron chi connectivity index (χ2n) is 1.71. The van der Waals surface area contributed by atoms with Gasteiger partial charge in [0.25, 0.3) is 0 Å². The minimum absolute atomic E-state index is 0.199. The van der Waals surface area contributed by atoms with E-state index in [-0.39, 0.29) is 12.4 Å². The van der Waals surface area contributed by atoms with Gasteiger partial charge in [-0.2, -0.15) is 0 Å². The standard InChI is InChI=1S/C10H8O2/c1-3-4-5-6-7-8-9-10(11)12-2/h1,6,8H,9H2,2H3. The lowest BCUT2D eigenvalue weighted by atomic mass is 10.4. The number of methoxy groups -OCH3 is 1. The van der Waals surface area contributed by atoms with Crippen LogP contribution in [0.4, 0.5) is 0 Å². The monoisotopic (exact) mass is 160 g/mol. The third-order valence-electron chi connectivity index (χ3n) is 0.914. The first-order chi connectivity index (χ1) is 5.81. The van der Waals surface area contributed by atoms with Crippen molar-refractivity contribution in [2.45, 2.75) is 6.42 Å². The van der Waals surface area contributed by atoms with E-state index in [1.807, 2.05) is 0 Å². The van der Waals surface area contributed by atoms with Gasteiger partial charge < -0.3 is 4.74 Å². The van der Waals surface area contributed by atoms with E-state index in [0.717, 1.165) is 0 Å². The van der Waals surface area contributed by atoms with Gasteiger partial charge in [-0.3, -0.25) is 4.79 Å². The summed E-state index contributed by atoms with van der Waals surface area (Å²) < 4.78 is 4.39. The molecule has 0 bridgehead atoms. The zero-order chi connectivity index (χ0) is 9.23. The van der Waals surface area contributed by atoms with Gasteiger partial charge in [0.2, 0.25) is 0 Å². The number of ether oxygens (including phenoxy) is 1. The summed E-state index contributed by atoms with van der Waals surface area (Å²) in [6.45, 7) is 0. The van der Waals surface area contributed by atoms with Gasteiger partial charge in [0.05, 0.1) is 13.5 Å². The zero-order valence-corrected chi connectivity index (χ0v) is 6.76. The minimum atomic E-state index is -0.305. The first-order valence-electron chi connectivity index (χ1n) is 3.23. The molecular weight excluding hydrogens is 152 g/mol. The Morgan fingerprint density at radius 1 is 1.67 bits per heavy atom. The van der Waals surface area contributed by atoms with E-state index >= 15 is 0 Å². The summed E-state index contributed by atoms with van der Waals surface area (Å²) in [6.07, 6.45) is 8.03. The third kappa shape index (κ3) is 6.23. The number of carbonyl (C=O) groups excluding carboxylic acids is 1. The van der Waals surface area contributed by atoms with Crippen molar-refractivity contribution < 1.29 is 9.53 Å². The third-order valence-corrected chi connectivity index (χ3v) is 0.914. The topological polar surface area (TPSA) is 26.3 Å². The number of esters is 1. The van der Waals surface area contributed by atoms with E-state index in [1.165, 1.54) is 19.3 Å². The molecule has 0 saturated heterocycles. The SMILES string of the molecule is C#CC#CC=C=CCC(=O)OC. The summed E-state index contributed by atoms with van der Waals surface area (Å²) >= 11 is 0. The highest BCUT2D eigenvalue weighted by molar-refractivity contribution is 5.70. The quantitative estimate of drug-likeness (QED) is 0.341. The van der Waals surface area contributed by atoms with Gasteiger partial charge in [-0.25, -0.2) is 0 Å². The van der Waals surface area contributed by atoms with Crippen LogP contribution in [0, 0.1) is 24.2 Å². The maximum atomic E-state index is 10.5. The predicted octanol–water partition coefficient (Wildman–Crippen LogP) is 0.897. The maximum absolute atomic E-state index is 10.5. The number of carbonyl (C=O) groups is 1. The van der Waals surface area contributed by atoms with E-state index in [9.17, 15) is 4.79 Å². The van der Waals surface area contributed by atoms with Crippen molar-refractivity contribution in [1.82, 2.24) is 0 Å². The summed E-state index contributed by atoms with van der Waals surface area (Å²) in [5.41, 5.74) is 2.67. The molecule has 0 atom stereocenters. The van der Waals surface area contributed by atoms with Gasteiger partial charge in [-0.05, 0) is 17.9 Å². The molecule has 2 nitrogen and oxygen atoms in total. The molecule has 0 unspecified atom stereocenters. The van der Waals surface area contributed by atoms with Crippen LogP contribution in [-0.4, -0.2) is 13.1 Å². The number of rotatable bonds is 2. The molecule has 0 N–H and O–H groups in total. The summed E-state index contributed by atoms with van der Waals surface area (Å²) in [4.78, 5) is 10.5. The molecule has 60 valence electrons. The van der Waals surface area contributed by atoms with Crippen LogP contribution in [0.5, 0.6) is 0 Å². The number of terminal acetylenes is 1. The highest BCUT2D eigenvalue weighted by Gasteiger charge is 1.91. The molecule has 0 amide bonds. The van der Waals surface area contributed by atoms with Crippen LogP contribution >= 0.6 is 0 Å². The van der Waals surface area contributed by atoms with E-state index in [1.54, 1.807) is 0 Å². The molecule has 0 aromatic heterocycles. The van der Waals surface area contributed by atoms with Crippen molar-refractivity contribution in [2.75, 3.05) is 7.11 Å². The Hall–Kier alpha value is -1.89. The Morgan fingerprint density at radius 3 is 3.00 bits per heavy atom. The zero-order valence-electron chi connectivity index (χ0n) is 6.76. The molecule has 0 aliphatic heterocycles. The van der Waals surface area contributed by atoms with Gasteiger partial charge in [0.15, 0.2) is 0 Å². The average molecular weight is 160 g/mol. The summed E-state index contributed by atoms with van der Waals surface area (Å²) in [6, 6.07) is 0. The highest BCUT2D eigenvalue weighted by Crippen LogP contribution is 1.83. The fourth-order valence-corrected chi connectivity index (χ4v) is 0.404. The van der Waals surface area contributed by atoms with E-state index in [0.29, 0.717) is 0 Å². The van der Waals surface area contributed by atoms with Crippen molar-refractivity contribution in [1.29, 1.82) is 0 Å². The van der Waals surface area contributed by atoms with Crippen LogP contribution in [0.2, 0.25) is 0 Å². The first-order valence-corrected chi connectivity index (χ1v) is 3.23. The van der Waals surface area contributed by atoms with Gasteiger partial charge in [-0.1, -0.05) is 5.92 Å². The molecule has 0 aromatic rings. The lowest BCUT2D eigenvalue weighted by molar-refractivity contribution is -0.139. The Balaban J connectivity index is 3.85. The molecule has 0 fully saturated rings. The van der Waals surface area contributed by atoms with Crippen molar-refractivity contribution in [3.63, 3.8) is 0 Å². The van der Waals surface area contributed by atoms with Crippen LogP contribution in [0.3, 0.4) is 0 Å². The van der Waals surface area contributed by atoms with Crippen molar-refractivity contribution in [3.8, 4) is 24.2 Å². The van der Waals surface area contributed by atoms with Gasteiger partial charge in [-0.15, -0.1) is 12.2 Å². The fourth-order valence-electron chi connectivity index (χ4n) is 0.404. The molecule has 12 heavy (non-hydrogen) atoms. The number of hydrogen-bond donors (Lipinski definition) is 0. The lowest BCUT2D eigenvalue weighted by Crippen LogP contribution is -1.96. The molecule has 0 saturated carbocycles. The summed E-state index contributed by atoms with van der Waals surface area (Å²) in [5, 5.41) is 0. The van der Waals surface area contributed by atoms with Crippen molar-refractivity contribution in [3.05, 3.63) is 17.9 Å². The van der Waals surface area contributed by atoms with Crippen LogP contribution in [0.15, 0.2) is 17.9 Å². The van der Waals surface area contributed by atoms with Gasteiger partial charge in [0, 0.05) is 6.08 Å². The van der Waals surface area contributed by atoms with E-state index in [2.05, 4.69) is 28.2 Å². The van der Waals surface area contributed by atoms with Crippen LogP contribution in [-0.2, 0) is 9.53 Å². The smallest absolute Gasteiger partial charge is 0.309 e. The van der Waals surface area contributed by atoms with Crippen molar-refractivity contribution in [2.24, 2.45) is 0 Å². The summed E-state index contributed by atoms with van der Waals surface area (Å²) in [5.74, 6) is 6.73. The second kappa shape index (κ2) is 7.22. The molecular formula is C10H8O2. The van der Waals surface area contributed by atoms with E-state index < -0.39 is 0 Å². The molecule has 0 aliphatic rings. The Kier molecular flexibility index (Phi) is 6.08. The second-order valence-corrected chi connectivity index (χ2v) is 1.71. The Labute approximate surface area is 71.9 Å². The number of hydrogen-bond acceptors (Lipinski definition) is 2. The van der Waals surface area contributed by atoms with Crippen molar-refractivity contribution >= 4 is 5.97 Å². The maximum Gasteiger partial charge on any atom is 0.309 e. The van der Waals surface area contributed by atoms with Crippen LogP contribution < -0.4 is 0 Å². The van der Waals surface area contributed by atoms with Gasteiger partial charge in [0.1, 0.15) is 0 Å². The molecule has 0 spiro atoms. The average Bonchev–Trinajstić information content (AvgIpc) is 2.10. The molecule has 0 radical (unpaired) electrons. The molecule has 0 aromatic carbocycles. The minimum Gasteiger partial charge on any atom is -0.469 e. The van der Waals surface area contributed by atoms with Crippen LogP contribution in [0.1, 0.15) is 6.42 Å². The molecule has 2 heteroatoms. The summed E-state index contributed by atoms with van der Waals surface area (Å²) in [7, 11) is 1.33. The molecule has 0 heterocycles. The fraction of sp³-hybridized carbons (Fsp3) is 0.200. The highest BCUT2D eigenvalue weighted by atomic mass is 16.5. The largest absolute Gasteiger partial charge is 0.469 e. The van der Waals surface area contributed by atoms with Gasteiger partial charge >= 0.3 is 5.97 Å². The lowest BCUT2D eigenvalue weighted by Gasteiger charge is -1.88. The first kappa shape index (κ1) is 10.1. The normalized spacial score (nSPS) is 6.33. The Morgan fingerprint density at radius 2 is 2.42 bits per heavy atom. The Bertz CT molecular complexity index is 301. The van der Waals surface area contributed by atoms with E-state index in [4.69, 9.17) is 6.42 Å². The molecule has 0 rings (SSSR count). The molecule has 0 aliphatic carbocycles. The van der Waals surface area contributed by atoms with Crippen LogP contribution in [0.25, 0.3) is 0 Å².